The monoisotopic (exact) mass is 205 g/mol. The molecule has 2 heterocycles. The van der Waals surface area contributed by atoms with Crippen molar-refractivity contribution in [3.05, 3.63) is 24.0 Å². The molecule has 0 N–H and O–H groups in total. The third kappa shape index (κ3) is 1.62. The third-order valence-electron chi connectivity index (χ3n) is 3.55. The zero-order valence-electron chi connectivity index (χ0n) is 10.8. The maximum Gasteiger partial charge on any atom is 0.0453 e. The molecule has 2 bridgehead atoms. The van der Waals surface area contributed by atoms with E-state index in [1.165, 1.54) is 5.56 Å². The molecule has 1 heteroatoms. The number of fused-ring (bicyclic) bond motifs is 2. The Labute approximate surface area is 93.5 Å². The van der Waals surface area contributed by atoms with Crippen LogP contribution in [0.2, 0.25) is 0 Å². The number of hydrogen-bond acceptors (Lipinski definition) is 0. The van der Waals surface area contributed by atoms with Crippen molar-refractivity contribution >= 4 is 0 Å². The quantitative estimate of drug-likeness (QED) is 0.597. The van der Waals surface area contributed by atoms with Gasteiger partial charge in [0.1, 0.15) is 0 Å². The SMILES string of the molecule is CC(C)(C)C1c2ccn(c2)C1C(C)(C)C. The highest BCUT2D eigenvalue weighted by Gasteiger charge is 2.44. The van der Waals surface area contributed by atoms with Crippen LogP contribution in [0.3, 0.4) is 0 Å². The van der Waals surface area contributed by atoms with E-state index < -0.39 is 0 Å². The van der Waals surface area contributed by atoms with Gasteiger partial charge >= 0.3 is 0 Å². The summed E-state index contributed by atoms with van der Waals surface area (Å²) in [7, 11) is 0. The second-order valence-corrected chi connectivity index (χ2v) is 7.05. The van der Waals surface area contributed by atoms with Crippen LogP contribution in [0.4, 0.5) is 0 Å². The van der Waals surface area contributed by atoms with Crippen LogP contribution >= 0.6 is 0 Å². The van der Waals surface area contributed by atoms with Gasteiger partial charge in [-0.1, -0.05) is 41.5 Å². The number of hydrogen-bond donors (Lipinski definition) is 0. The first-order valence-corrected chi connectivity index (χ1v) is 5.88. The van der Waals surface area contributed by atoms with Crippen LogP contribution < -0.4 is 0 Å². The normalized spacial score (nSPS) is 26.0. The Morgan fingerprint density at radius 3 is 2.00 bits per heavy atom. The van der Waals surface area contributed by atoms with E-state index in [1.807, 2.05) is 0 Å². The Balaban J connectivity index is 2.43. The van der Waals surface area contributed by atoms with Crippen molar-refractivity contribution in [1.82, 2.24) is 4.57 Å². The molecule has 15 heavy (non-hydrogen) atoms. The van der Waals surface area contributed by atoms with Crippen molar-refractivity contribution in [2.45, 2.75) is 53.5 Å². The van der Waals surface area contributed by atoms with Gasteiger partial charge in [-0.3, -0.25) is 0 Å². The van der Waals surface area contributed by atoms with Gasteiger partial charge in [-0.2, -0.15) is 0 Å². The summed E-state index contributed by atoms with van der Waals surface area (Å²) in [6.07, 6.45) is 4.55. The van der Waals surface area contributed by atoms with Gasteiger partial charge in [0, 0.05) is 24.4 Å². The minimum atomic E-state index is 0.334. The van der Waals surface area contributed by atoms with E-state index in [4.69, 9.17) is 0 Å². The lowest BCUT2D eigenvalue weighted by Crippen LogP contribution is -2.33. The molecule has 1 aliphatic rings. The second kappa shape index (κ2) is 2.90. The first-order valence-electron chi connectivity index (χ1n) is 5.88. The molecule has 0 saturated carbocycles. The van der Waals surface area contributed by atoms with Crippen LogP contribution in [0.15, 0.2) is 18.5 Å². The molecule has 84 valence electrons. The number of nitrogens with zero attached hydrogens (tertiary/aromatic N) is 1. The van der Waals surface area contributed by atoms with Crippen molar-refractivity contribution in [3.63, 3.8) is 0 Å². The van der Waals surface area contributed by atoms with E-state index >= 15 is 0 Å². The molecule has 0 aromatic carbocycles. The molecule has 1 aliphatic heterocycles. The third-order valence-corrected chi connectivity index (χ3v) is 3.55. The molecule has 1 nitrogen and oxygen atoms in total. The highest BCUT2D eigenvalue weighted by Crippen LogP contribution is 2.54. The van der Waals surface area contributed by atoms with Crippen LogP contribution in [0.25, 0.3) is 0 Å². The number of rotatable bonds is 0. The predicted octanol–water partition coefficient (Wildman–Crippen LogP) is 4.22. The van der Waals surface area contributed by atoms with Gasteiger partial charge in [0.05, 0.1) is 0 Å². The predicted molar refractivity (Wildman–Crippen MR) is 65.1 cm³/mol. The zero-order chi connectivity index (χ0) is 11.4. The van der Waals surface area contributed by atoms with Crippen molar-refractivity contribution in [3.8, 4) is 0 Å². The Kier molecular flexibility index (Phi) is 2.09. The Bertz CT molecular complexity index is 325. The Hall–Kier alpha value is -0.720. The second-order valence-electron chi connectivity index (χ2n) is 7.05. The van der Waals surface area contributed by atoms with E-state index in [2.05, 4.69) is 64.6 Å². The van der Waals surface area contributed by atoms with Crippen molar-refractivity contribution in [2.24, 2.45) is 10.8 Å². The fourth-order valence-electron chi connectivity index (χ4n) is 3.06. The lowest BCUT2D eigenvalue weighted by atomic mass is 9.67. The molecule has 1 aromatic rings. The fourth-order valence-corrected chi connectivity index (χ4v) is 3.06. The summed E-state index contributed by atoms with van der Waals surface area (Å²) in [6, 6.07) is 2.90. The molecule has 0 spiro atoms. The minimum Gasteiger partial charge on any atom is -0.350 e. The standard InChI is InChI=1S/C14H23N/c1-13(2,3)11-10-7-8-15(9-10)12(11)14(4,5)6/h7-9,11-12H,1-6H3. The molecule has 0 radical (unpaired) electrons. The van der Waals surface area contributed by atoms with E-state index in [1.54, 1.807) is 0 Å². The summed E-state index contributed by atoms with van der Waals surface area (Å²) in [5.41, 5.74) is 2.20. The average molecular weight is 205 g/mol. The lowest BCUT2D eigenvalue weighted by molar-refractivity contribution is 0.144. The topological polar surface area (TPSA) is 4.93 Å². The molecule has 0 saturated heterocycles. The van der Waals surface area contributed by atoms with Crippen LogP contribution in [0, 0.1) is 10.8 Å². The Morgan fingerprint density at radius 2 is 1.60 bits per heavy atom. The summed E-state index contributed by atoms with van der Waals surface area (Å²) in [5.74, 6) is 0.669. The molecule has 2 rings (SSSR count). The molecule has 1 aromatic heterocycles. The lowest BCUT2D eigenvalue weighted by Gasteiger charge is -2.42. The van der Waals surface area contributed by atoms with Crippen molar-refractivity contribution in [1.29, 1.82) is 0 Å². The summed E-state index contributed by atoms with van der Waals surface area (Å²) in [6.45, 7) is 14.1. The van der Waals surface area contributed by atoms with Crippen LogP contribution in [-0.2, 0) is 0 Å². The summed E-state index contributed by atoms with van der Waals surface area (Å²) < 4.78 is 2.41. The largest absolute Gasteiger partial charge is 0.350 e. The molecule has 0 aliphatic carbocycles. The molecule has 2 atom stereocenters. The summed E-state index contributed by atoms with van der Waals surface area (Å²) in [5, 5.41) is 0. The van der Waals surface area contributed by atoms with Gasteiger partial charge in [0.15, 0.2) is 0 Å². The first-order chi connectivity index (χ1) is 6.71. The molecular formula is C14H23N. The van der Waals surface area contributed by atoms with Crippen LogP contribution in [0.5, 0.6) is 0 Å². The minimum absolute atomic E-state index is 0.334. The van der Waals surface area contributed by atoms with Crippen molar-refractivity contribution < 1.29 is 0 Å². The highest BCUT2D eigenvalue weighted by molar-refractivity contribution is 5.28. The van der Waals surface area contributed by atoms with Gasteiger partial charge in [-0.15, -0.1) is 0 Å². The van der Waals surface area contributed by atoms with E-state index in [0.717, 1.165) is 0 Å². The summed E-state index contributed by atoms with van der Waals surface area (Å²) >= 11 is 0. The van der Waals surface area contributed by atoms with Crippen LogP contribution in [0.1, 0.15) is 59.1 Å². The smallest absolute Gasteiger partial charge is 0.0453 e. The van der Waals surface area contributed by atoms with Gasteiger partial charge < -0.3 is 4.57 Å². The van der Waals surface area contributed by atoms with E-state index in [0.29, 0.717) is 22.8 Å². The van der Waals surface area contributed by atoms with Gasteiger partial charge in [0.2, 0.25) is 0 Å². The summed E-state index contributed by atoms with van der Waals surface area (Å²) in [4.78, 5) is 0. The highest BCUT2D eigenvalue weighted by atomic mass is 15.0. The molecule has 0 fully saturated rings. The Morgan fingerprint density at radius 1 is 1.00 bits per heavy atom. The van der Waals surface area contributed by atoms with E-state index in [-0.39, 0.29) is 0 Å². The molecular weight excluding hydrogens is 182 g/mol. The first kappa shape index (κ1) is 10.8. The maximum atomic E-state index is 2.41. The average Bonchev–Trinajstić information content (AvgIpc) is 2.56. The van der Waals surface area contributed by atoms with Crippen LogP contribution in [-0.4, -0.2) is 4.57 Å². The van der Waals surface area contributed by atoms with E-state index in [9.17, 15) is 0 Å². The van der Waals surface area contributed by atoms with Gasteiger partial charge in [-0.25, -0.2) is 0 Å². The number of aromatic nitrogens is 1. The molecule has 0 amide bonds. The zero-order valence-corrected chi connectivity index (χ0v) is 10.8. The van der Waals surface area contributed by atoms with Crippen molar-refractivity contribution in [2.75, 3.05) is 0 Å². The maximum absolute atomic E-state index is 2.41. The fraction of sp³-hybridized carbons (Fsp3) is 0.714. The molecule has 2 unspecified atom stereocenters. The van der Waals surface area contributed by atoms with Gasteiger partial charge in [-0.05, 0) is 22.5 Å². The van der Waals surface area contributed by atoms with Gasteiger partial charge in [0.25, 0.3) is 0 Å².